The minimum absolute atomic E-state index is 0.210. The summed E-state index contributed by atoms with van der Waals surface area (Å²) in [5.41, 5.74) is 11.3. The molecule has 30 heavy (non-hydrogen) atoms. The van der Waals surface area contributed by atoms with E-state index in [2.05, 4.69) is 115 Å². The summed E-state index contributed by atoms with van der Waals surface area (Å²) >= 11 is 1.74. The van der Waals surface area contributed by atoms with E-state index in [4.69, 9.17) is 0 Å². The third-order valence-corrected chi connectivity index (χ3v) is 5.68. The Hall–Kier alpha value is -1.50. The third kappa shape index (κ3) is 6.50. The molecular formula is C28H34SiZr. The van der Waals surface area contributed by atoms with Gasteiger partial charge in [0.1, 0.15) is 0 Å². The van der Waals surface area contributed by atoms with Crippen molar-refractivity contribution >= 4 is 16.2 Å². The van der Waals surface area contributed by atoms with Gasteiger partial charge in [0.15, 0.2) is 0 Å². The summed E-state index contributed by atoms with van der Waals surface area (Å²) in [6.07, 6.45) is 0. The molecular weight excluding hydrogens is 456 g/mol. The third-order valence-electron chi connectivity index (χ3n) is 5.68. The molecule has 4 aromatic carbocycles. The first kappa shape index (κ1) is 24.8. The van der Waals surface area contributed by atoms with Crippen LogP contribution >= 0.6 is 0 Å². The first-order valence-corrected chi connectivity index (χ1v) is 16.7. The fourth-order valence-electron chi connectivity index (χ4n) is 3.44. The SMILES string of the molecule is C[Si](C)=[Zr+2].Cc1[cH-]c(C)c(C)c1C.Cc1ccc(-c2c[cH-]c3ccccc23)cc1C. The normalized spacial score (nSPS) is 10.2. The maximum Gasteiger partial charge on any atom is -0.0395 e. The molecule has 2 heteroatoms. The number of fused-ring (bicyclic) bond motifs is 1. The van der Waals surface area contributed by atoms with Crippen LogP contribution in [0.3, 0.4) is 0 Å². The van der Waals surface area contributed by atoms with Gasteiger partial charge in [0, 0.05) is 0 Å². The molecule has 4 aromatic rings. The molecule has 0 aromatic heterocycles. The van der Waals surface area contributed by atoms with Gasteiger partial charge in [-0.25, -0.2) is 0 Å². The molecule has 0 aliphatic heterocycles. The van der Waals surface area contributed by atoms with Crippen molar-refractivity contribution in [3.05, 3.63) is 94.0 Å². The molecule has 0 saturated heterocycles. The zero-order valence-electron chi connectivity index (χ0n) is 19.8. The second-order valence-electron chi connectivity index (χ2n) is 8.39. The molecule has 0 saturated carbocycles. The Bertz CT molecular complexity index is 1110. The summed E-state index contributed by atoms with van der Waals surface area (Å²) in [6.45, 7) is 17.6. The molecule has 0 unspecified atom stereocenters. The van der Waals surface area contributed by atoms with Gasteiger partial charge in [0.25, 0.3) is 0 Å². The van der Waals surface area contributed by atoms with Crippen molar-refractivity contribution in [2.75, 3.05) is 0 Å². The van der Waals surface area contributed by atoms with Crippen molar-refractivity contribution < 1.29 is 23.3 Å². The van der Waals surface area contributed by atoms with Gasteiger partial charge in [-0.15, -0.1) is 46.7 Å². The molecule has 0 radical (unpaired) electrons. The number of rotatable bonds is 1. The Morgan fingerprint density at radius 2 is 1.33 bits per heavy atom. The van der Waals surface area contributed by atoms with Gasteiger partial charge in [-0.05, 0) is 25.0 Å². The number of hydrogen-bond donors (Lipinski definition) is 0. The minimum atomic E-state index is 0.210. The largest absolute Gasteiger partial charge is 0.196 e. The summed E-state index contributed by atoms with van der Waals surface area (Å²) in [6, 6.07) is 21.9. The molecule has 0 aliphatic carbocycles. The minimum Gasteiger partial charge on any atom is -0.196 e. The van der Waals surface area contributed by atoms with Gasteiger partial charge in [-0.1, -0.05) is 57.5 Å². The first-order chi connectivity index (χ1) is 14.1. The van der Waals surface area contributed by atoms with Crippen molar-refractivity contribution in [3.63, 3.8) is 0 Å². The van der Waals surface area contributed by atoms with Crippen LogP contribution in [0.5, 0.6) is 0 Å². The number of benzene rings is 2. The zero-order chi connectivity index (χ0) is 22.4. The second kappa shape index (κ2) is 11.2. The quantitative estimate of drug-likeness (QED) is 0.186. The molecule has 0 N–H and O–H groups in total. The van der Waals surface area contributed by atoms with E-state index in [-0.39, 0.29) is 5.43 Å². The van der Waals surface area contributed by atoms with E-state index in [1.165, 1.54) is 55.3 Å². The van der Waals surface area contributed by atoms with Gasteiger partial charge in [-0.2, -0.15) is 28.3 Å². The Kier molecular flexibility index (Phi) is 9.26. The molecule has 0 fully saturated rings. The predicted octanol–water partition coefficient (Wildman–Crippen LogP) is 8.27. The van der Waals surface area contributed by atoms with Crippen molar-refractivity contribution in [2.24, 2.45) is 0 Å². The smallest absolute Gasteiger partial charge is 0.0395 e. The van der Waals surface area contributed by atoms with Crippen LogP contribution in [-0.2, 0) is 23.3 Å². The zero-order valence-corrected chi connectivity index (χ0v) is 23.2. The van der Waals surface area contributed by atoms with Crippen LogP contribution in [0.15, 0.2) is 60.7 Å². The molecule has 0 amide bonds. The van der Waals surface area contributed by atoms with Crippen LogP contribution in [0.2, 0.25) is 13.1 Å². The summed E-state index contributed by atoms with van der Waals surface area (Å²) < 4.78 is 0. The van der Waals surface area contributed by atoms with Crippen molar-refractivity contribution in [2.45, 2.75) is 54.6 Å². The van der Waals surface area contributed by atoms with Crippen molar-refractivity contribution in [1.82, 2.24) is 0 Å². The van der Waals surface area contributed by atoms with Crippen LogP contribution in [-0.4, -0.2) is 5.43 Å². The molecule has 0 nitrogen and oxygen atoms in total. The summed E-state index contributed by atoms with van der Waals surface area (Å²) in [4.78, 5) is 0. The Morgan fingerprint density at radius 1 is 0.767 bits per heavy atom. The predicted molar refractivity (Wildman–Crippen MR) is 133 cm³/mol. The van der Waals surface area contributed by atoms with E-state index in [0.29, 0.717) is 0 Å². The van der Waals surface area contributed by atoms with Crippen LogP contribution in [0.25, 0.3) is 21.9 Å². The monoisotopic (exact) mass is 488 g/mol. The summed E-state index contributed by atoms with van der Waals surface area (Å²) in [5, 5.41) is 2.66. The molecule has 0 heterocycles. The molecule has 154 valence electrons. The van der Waals surface area contributed by atoms with Crippen LogP contribution in [0, 0.1) is 41.5 Å². The standard InChI is InChI=1S/C17H15.C9H13.C2H6Si.Zr/c1-12-7-8-15(11-13(12)2)17-10-9-14-5-3-4-6-16(14)17;1-6-5-7(2)9(4)8(6)3;1-3-2;/h3-11H,1-2H3;5H,1-4H3;1-2H3;/q2*-1;;+2. The van der Waals surface area contributed by atoms with E-state index >= 15 is 0 Å². The van der Waals surface area contributed by atoms with Gasteiger partial charge >= 0.3 is 41.9 Å². The van der Waals surface area contributed by atoms with E-state index in [1.54, 1.807) is 23.3 Å². The van der Waals surface area contributed by atoms with Crippen LogP contribution < -0.4 is 0 Å². The number of aryl methyl sites for hydroxylation is 4. The summed E-state index contributed by atoms with van der Waals surface area (Å²) in [7, 11) is 0. The Balaban J connectivity index is 0.000000207. The topological polar surface area (TPSA) is 0 Å². The summed E-state index contributed by atoms with van der Waals surface area (Å²) in [5.74, 6) is 0. The fourth-order valence-corrected chi connectivity index (χ4v) is 3.44. The number of hydrogen-bond acceptors (Lipinski definition) is 0. The van der Waals surface area contributed by atoms with E-state index < -0.39 is 0 Å². The van der Waals surface area contributed by atoms with Gasteiger partial charge in [-0.3, -0.25) is 0 Å². The van der Waals surface area contributed by atoms with E-state index in [0.717, 1.165) is 0 Å². The van der Waals surface area contributed by atoms with Gasteiger partial charge in [0.2, 0.25) is 0 Å². The fraction of sp³-hybridized carbons (Fsp3) is 0.286. The average molecular weight is 490 g/mol. The van der Waals surface area contributed by atoms with Crippen molar-refractivity contribution in [1.29, 1.82) is 0 Å². The Morgan fingerprint density at radius 3 is 1.83 bits per heavy atom. The molecule has 0 atom stereocenters. The maximum atomic E-state index is 2.31. The van der Waals surface area contributed by atoms with Crippen LogP contribution in [0.1, 0.15) is 33.4 Å². The maximum absolute atomic E-state index is 2.31. The van der Waals surface area contributed by atoms with E-state index in [9.17, 15) is 0 Å². The Labute approximate surface area is 198 Å². The van der Waals surface area contributed by atoms with Crippen LogP contribution in [0.4, 0.5) is 0 Å². The van der Waals surface area contributed by atoms with Crippen molar-refractivity contribution in [3.8, 4) is 11.1 Å². The van der Waals surface area contributed by atoms with Gasteiger partial charge < -0.3 is 0 Å². The molecule has 0 spiro atoms. The van der Waals surface area contributed by atoms with Gasteiger partial charge in [0.05, 0.1) is 0 Å². The molecule has 0 aliphatic rings. The second-order valence-corrected chi connectivity index (χ2v) is 17.8. The van der Waals surface area contributed by atoms with E-state index in [1.807, 2.05) is 0 Å². The first-order valence-electron chi connectivity index (χ1n) is 10.6. The molecule has 4 rings (SSSR count). The average Bonchev–Trinajstić information content (AvgIpc) is 3.21. The molecule has 0 bridgehead atoms.